The van der Waals surface area contributed by atoms with E-state index < -0.39 is 12.1 Å². The van der Waals surface area contributed by atoms with E-state index in [4.69, 9.17) is 4.74 Å². The van der Waals surface area contributed by atoms with Crippen LogP contribution in [0.5, 0.6) is 5.75 Å². The molecule has 1 unspecified atom stereocenters. The molecule has 0 aliphatic carbocycles. The third kappa shape index (κ3) is 3.13. The summed E-state index contributed by atoms with van der Waals surface area (Å²) in [4.78, 5) is 28.2. The molecule has 128 valence electrons. The summed E-state index contributed by atoms with van der Waals surface area (Å²) in [5.74, 6) is -0.894. The van der Waals surface area contributed by atoms with Crippen LogP contribution in [0.2, 0.25) is 0 Å². The lowest BCUT2D eigenvalue weighted by molar-refractivity contribution is 0.0319. The van der Waals surface area contributed by atoms with Gasteiger partial charge in [0.1, 0.15) is 5.75 Å². The number of aromatic amines is 1. The van der Waals surface area contributed by atoms with Crippen molar-refractivity contribution in [3.8, 4) is 5.75 Å². The lowest BCUT2D eigenvalue weighted by atomic mass is 10.0. The van der Waals surface area contributed by atoms with Crippen LogP contribution in [-0.2, 0) is 4.74 Å². The normalized spacial score (nSPS) is 12.1. The Hall–Kier alpha value is -3.08. The summed E-state index contributed by atoms with van der Waals surface area (Å²) in [6.07, 6.45) is -0.936. The molecule has 0 bridgehead atoms. The number of aromatic hydroxyl groups is 1. The van der Waals surface area contributed by atoms with Crippen molar-refractivity contribution in [3.63, 3.8) is 0 Å². The van der Waals surface area contributed by atoms with Crippen LogP contribution >= 0.6 is 0 Å². The minimum atomic E-state index is -0.936. The number of hydrogen-bond acceptors (Lipinski definition) is 4. The third-order valence-electron chi connectivity index (χ3n) is 4.24. The predicted molar refractivity (Wildman–Crippen MR) is 95.1 cm³/mol. The molecule has 1 aromatic heterocycles. The highest BCUT2D eigenvalue weighted by atomic mass is 16.5. The number of esters is 1. The minimum Gasteiger partial charge on any atom is -0.508 e. The van der Waals surface area contributed by atoms with Crippen LogP contribution in [0, 0.1) is 13.8 Å². The quantitative estimate of drug-likeness (QED) is 0.559. The molecule has 0 saturated carbocycles. The molecular formula is C20H19NO4. The summed E-state index contributed by atoms with van der Waals surface area (Å²) in [5, 5.41) is 10.5. The van der Waals surface area contributed by atoms with Crippen molar-refractivity contribution in [2.24, 2.45) is 0 Å². The van der Waals surface area contributed by atoms with Crippen LogP contribution in [0.3, 0.4) is 0 Å². The third-order valence-corrected chi connectivity index (χ3v) is 4.24. The number of ether oxygens (including phenoxy) is 1. The highest BCUT2D eigenvalue weighted by molar-refractivity contribution is 6.11. The van der Waals surface area contributed by atoms with E-state index >= 15 is 0 Å². The number of hydrogen-bond donors (Lipinski definition) is 2. The molecular weight excluding hydrogens is 318 g/mol. The molecule has 0 spiro atoms. The highest BCUT2D eigenvalue weighted by Crippen LogP contribution is 2.24. The van der Waals surface area contributed by atoms with Crippen molar-refractivity contribution in [1.29, 1.82) is 0 Å². The maximum atomic E-state index is 12.8. The number of carbonyl (C=O) groups excluding carboxylic acids is 2. The molecule has 0 amide bonds. The number of aryl methyl sites for hydroxylation is 2. The van der Waals surface area contributed by atoms with E-state index in [0.717, 1.165) is 16.6 Å². The second-order valence-electron chi connectivity index (χ2n) is 6.08. The van der Waals surface area contributed by atoms with E-state index in [2.05, 4.69) is 4.98 Å². The lowest BCUT2D eigenvalue weighted by Crippen LogP contribution is -2.24. The first kappa shape index (κ1) is 16.8. The molecule has 1 heterocycles. The van der Waals surface area contributed by atoms with Crippen LogP contribution in [0.4, 0.5) is 0 Å². The fourth-order valence-corrected chi connectivity index (χ4v) is 2.82. The molecule has 0 saturated heterocycles. The zero-order valence-corrected chi connectivity index (χ0v) is 14.3. The monoisotopic (exact) mass is 337 g/mol. The van der Waals surface area contributed by atoms with Crippen molar-refractivity contribution in [3.05, 3.63) is 64.8 Å². The molecule has 0 radical (unpaired) electrons. The summed E-state index contributed by atoms with van der Waals surface area (Å²) >= 11 is 0. The number of Topliss-reactive ketones (excluding diaryl/α,β-unsaturated/α-hetero) is 1. The van der Waals surface area contributed by atoms with Crippen molar-refractivity contribution in [2.75, 3.05) is 0 Å². The van der Waals surface area contributed by atoms with E-state index in [1.165, 1.54) is 6.07 Å². The number of fused-ring (bicyclic) bond motifs is 1. The van der Waals surface area contributed by atoms with Crippen molar-refractivity contribution in [1.82, 2.24) is 4.98 Å². The zero-order chi connectivity index (χ0) is 18.1. The summed E-state index contributed by atoms with van der Waals surface area (Å²) in [6.45, 7) is 5.10. The van der Waals surface area contributed by atoms with Crippen molar-refractivity contribution >= 4 is 22.7 Å². The molecule has 25 heavy (non-hydrogen) atoms. The molecule has 0 aliphatic rings. The molecule has 5 heteroatoms. The van der Waals surface area contributed by atoms with Crippen LogP contribution < -0.4 is 0 Å². The first-order valence-electron chi connectivity index (χ1n) is 8.00. The maximum absolute atomic E-state index is 12.8. The van der Waals surface area contributed by atoms with Gasteiger partial charge in [-0.2, -0.15) is 0 Å². The van der Waals surface area contributed by atoms with Crippen molar-refractivity contribution in [2.45, 2.75) is 26.9 Å². The SMILES string of the molecule is Cc1ccc(C(=O)OC(C)C(=O)c2c(C)[nH]c3ccccc23)cc1O. The van der Waals surface area contributed by atoms with Gasteiger partial charge in [0.05, 0.1) is 5.56 Å². The lowest BCUT2D eigenvalue weighted by Gasteiger charge is -2.13. The van der Waals surface area contributed by atoms with Crippen LogP contribution in [0.15, 0.2) is 42.5 Å². The number of rotatable bonds is 4. The first-order valence-corrected chi connectivity index (χ1v) is 8.00. The first-order chi connectivity index (χ1) is 11.9. The second-order valence-corrected chi connectivity index (χ2v) is 6.08. The van der Waals surface area contributed by atoms with Gasteiger partial charge in [0.2, 0.25) is 5.78 Å². The Morgan fingerprint density at radius 2 is 1.84 bits per heavy atom. The number of carbonyl (C=O) groups is 2. The highest BCUT2D eigenvalue weighted by Gasteiger charge is 2.25. The fourth-order valence-electron chi connectivity index (χ4n) is 2.82. The minimum absolute atomic E-state index is 0.0147. The molecule has 3 aromatic rings. The number of nitrogens with one attached hydrogen (secondary N) is 1. The standard InChI is InChI=1S/C20H19NO4/c1-11-8-9-14(10-17(11)22)20(24)25-13(3)19(23)18-12(2)21-16-7-5-4-6-15(16)18/h4-10,13,21-22H,1-3H3. The van der Waals surface area contributed by atoms with Gasteiger partial charge in [-0.3, -0.25) is 4.79 Å². The topological polar surface area (TPSA) is 79.4 Å². The van der Waals surface area contributed by atoms with Crippen LogP contribution in [0.25, 0.3) is 10.9 Å². The van der Waals surface area contributed by atoms with E-state index in [0.29, 0.717) is 11.1 Å². The van der Waals surface area contributed by atoms with Crippen molar-refractivity contribution < 1.29 is 19.4 Å². The number of benzene rings is 2. The average Bonchev–Trinajstić information content (AvgIpc) is 2.92. The van der Waals surface area contributed by atoms with Gasteiger partial charge in [0.15, 0.2) is 6.10 Å². The summed E-state index contributed by atoms with van der Waals surface area (Å²) < 4.78 is 5.31. The summed E-state index contributed by atoms with van der Waals surface area (Å²) in [6, 6.07) is 12.0. The Labute approximate surface area is 145 Å². The van der Waals surface area contributed by atoms with Gasteiger partial charge >= 0.3 is 5.97 Å². The molecule has 2 N–H and O–H groups in total. The molecule has 0 fully saturated rings. The van der Waals surface area contributed by atoms with Crippen LogP contribution in [0.1, 0.15) is 38.9 Å². The van der Waals surface area contributed by atoms with Gasteiger partial charge in [0.25, 0.3) is 0 Å². The Morgan fingerprint density at radius 1 is 1.12 bits per heavy atom. The van der Waals surface area contributed by atoms with Gasteiger partial charge in [-0.1, -0.05) is 24.3 Å². The molecule has 2 aromatic carbocycles. The second kappa shape index (κ2) is 6.43. The van der Waals surface area contributed by atoms with E-state index in [-0.39, 0.29) is 17.1 Å². The molecule has 1 atom stereocenters. The fraction of sp³-hybridized carbons (Fsp3) is 0.200. The maximum Gasteiger partial charge on any atom is 0.338 e. The number of H-pyrrole nitrogens is 1. The predicted octanol–water partition coefficient (Wildman–Crippen LogP) is 3.92. The number of para-hydroxylation sites is 1. The summed E-state index contributed by atoms with van der Waals surface area (Å²) in [7, 11) is 0. The number of aromatic nitrogens is 1. The van der Waals surface area contributed by atoms with E-state index in [9.17, 15) is 14.7 Å². The van der Waals surface area contributed by atoms with Gasteiger partial charge in [-0.25, -0.2) is 4.79 Å². The molecule has 3 rings (SSSR count). The van der Waals surface area contributed by atoms with Gasteiger partial charge in [-0.05, 0) is 44.5 Å². The number of phenolic OH excluding ortho intramolecular Hbond substituents is 1. The van der Waals surface area contributed by atoms with Gasteiger partial charge < -0.3 is 14.8 Å². The molecule has 5 nitrogen and oxygen atoms in total. The Kier molecular flexibility index (Phi) is 4.31. The number of ketones is 1. The smallest absolute Gasteiger partial charge is 0.338 e. The van der Waals surface area contributed by atoms with E-state index in [1.807, 2.05) is 31.2 Å². The van der Waals surface area contributed by atoms with Crippen LogP contribution in [-0.4, -0.2) is 27.9 Å². The Balaban J connectivity index is 1.83. The summed E-state index contributed by atoms with van der Waals surface area (Å²) in [5.41, 5.74) is 3.00. The zero-order valence-electron chi connectivity index (χ0n) is 14.3. The molecule has 0 aliphatic heterocycles. The van der Waals surface area contributed by atoms with Gasteiger partial charge in [0, 0.05) is 22.2 Å². The number of phenols is 1. The van der Waals surface area contributed by atoms with Gasteiger partial charge in [-0.15, -0.1) is 0 Å². The Morgan fingerprint density at radius 3 is 2.56 bits per heavy atom. The average molecular weight is 337 g/mol. The van der Waals surface area contributed by atoms with E-state index in [1.54, 1.807) is 26.0 Å². The Bertz CT molecular complexity index is 971. The largest absolute Gasteiger partial charge is 0.508 e.